The molecule has 2 atom stereocenters. The fourth-order valence-electron chi connectivity index (χ4n) is 5.03. The van der Waals surface area contributed by atoms with Crippen LogP contribution in [-0.2, 0) is 11.2 Å². The number of oxazole rings is 1. The van der Waals surface area contributed by atoms with Crippen molar-refractivity contribution in [1.82, 2.24) is 4.98 Å². The van der Waals surface area contributed by atoms with E-state index < -0.39 is 12.6 Å². The number of hydrogen-bond acceptors (Lipinski definition) is 5. The summed E-state index contributed by atoms with van der Waals surface area (Å²) in [5.74, 6) is 1.75. The summed E-state index contributed by atoms with van der Waals surface area (Å²) >= 11 is 0. The predicted molar refractivity (Wildman–Crippen MR) is 133 cm³/mol. The maximum absolute atomic E-state index is 10.7. The topological polar surface area (TPSA) is 75.4 Å². The van der Waals surface area contributed by atoms with Gasteiger partial charge in [-0.05, 0) is 42.9 Å². The monoisotopic (exact) mass is 489 g/mol. The second kappa shape index (κ2) is 12.4. The van der Waals surface area contributed by atoms with Gasteiger partial charge in [-0.3, -0.25) is 0 Å². The number of nitrogens with zero attached hydrogens (tertiary/aromatic N) is 1. The molecule has 1 heterocycles. The Morgan fingerprint density at radius 2 is 1.67 bits per heavy atom. The van der Waals surface area contributed by atoms with Crippen molar-refractivity contribution in [1.29, 1.82) is 0 Å². The molecule has 0 radical (unpaired) electrons. The van der Waals surface area contributed by atoms with E-state index in [-0.39, 0.29) is 35.5 Å². The molecule has 1 aromatic heterocycles. The zero-order valence-corrected chi connectivity index (χ0v) is 22.6. The van der Waals surface area contributed by atoms with Crippen molar-refractivity contribution in [3.63, 3.8) is 0 Å². The van der Waals surface area contributed by atoms with Gasteiger partial charge in [0.15, 0.2) is 11.7 Å². The van der Waals surface area contributed by atoms with Crippen LogP contribution in [-0.4, -0.2) is 17.6 Å². The first-order valence-electron chi connectivity index (χ1n) is 12.2. The molecule has 178 valence electrons. The van der Waals surface area contributed by atoms with Gasteiger partial charge in [0.2, 0.25) is 0 Å². The summed E-state index contributed by atoms with van der Waals surface area (Å²) in [6.45, 7) is -0.438. The molecule has 0 spiro atoms. The second-order valence-electron chi connectivity index (χ2n) is 9.20. The molecule has 1 saturated carbocycles. The van der Waals surface area contributed by atoms with Gasteiger partial charge in [0.05, 0.1) is 5.97 Å². The molecule has 0 N–H and O–H groups in total. The van der Waals surface area contributed by atoms with E-state index in [1.54, 1.807) is 6.07 Å². The van der Waals surface area contributed by atoms with Crippen molar-refractivity contribution in [2.45, 2.75) is 38.0 Å². The van der Waals surface area contributed by atoms with E-state index in [0.29, 0.717) is 11.7 Å². The summed E-state index contributed by atoms with van der Waals surface area (Å²) in [5, 5.41) is 10.7. The first-order chi connectivity index (χ1) is 17.2. The Bertz CT molecular complexity index is 1220. The van der Waals surface area contributed by atoms with E-state index in [1.807, 2.05) is 48.5 Å². The molecule has 5 rings (SSSR count). The summed E-state index contributed by atoms with van der Waals surface area (Å²) in [7, 11) is 0. The molecule has 4 aromatic rings. The number of hydrogen-bond donors (Lipinski definition) is 0. The molecule has 6 heteroatoms. The molecule has 0 saturated heterocycles. The molecule has 1 aliphatic rings. The zero-order valence-electron chi connectivity index (χ0n) is 20.6. The third kappa shape index (κ3) is 6.47. The molecule has 0 amide bonds. The van der Waals surface area contributed by atoms with Crippen LogP contribution in [0.4, 0.5) is 0 Å². The Balaban J connectivity index is 0.00000304. The molecule has 1 fully saturated rings. The van der Waals surface area contributed by atoms with Crippen molar-refractivity contribution in [3.8, 4) is 28.3 Å². The molecule has 5 nitrogen and oxygen atoms in total. The molecule has 0 bridgehead atoms. The Morgan fingerprint density at radius 3 is 2.39 bits per heavy atom. The van der Waals surface area contributed by atoms with Gasteiger partial charge < -0.3 is 19.1 Å². The van der Waals surface area contributed by atoms with Crippen LogP contribution in [0.15, 0.2) is 89.3 Å². The third-order valence-corrected chi connectivity index (χ3v) is 6.64. The summed E-state index contributed by atoms with van der Waals surface area (Å²) in [4.78, 5) is 15.7. The molecule has 0 aliphatic heterocycles. The predicted octanol–water partition coefficient (Wildman–Crippen LogP) is 2.66. The third-order valence-electron chi connectivity index (χ3n) is 6.64. The van der Waals surface area contributed by atoms with Crippen LogP contribution in [0.2, 0.25) is 0 Å². The van der Waals surface area contributed by atoms with Gasteiger partial charge in [-0.25, -0.2) is 4.98 Å². The van der Waals surface area contributed by atoms with Crippen LogP contribution in [0, 0.1) is 5.92 Å². The van der Waals surface area contributed by atoms with E-state index in [9.17, 15) is 9.90 Å². The molecule has 3 aromatic carbocycles. The fraction of sp³-hybridized carbons (Fsp3) is 0.267. The largest absolute Gasteiger partial charge is 1.00 e. The van der Waals surface area contributed by atoms with Crippen LogP contribution in [0.3, 0.4) is 0 Å². The first kappa shape index (κ1) is 26.2. The Labute approximate surface area is 233 Å². The van der Waals surface area contributed by atoms with E-state index >= 15 is 0 Å². The van der Waals surface area contributed by atoms with Gasteiger partial charge in [-0.2, -0.15) is 0 Å². The number of benzene rings is 3. The number of rotatable bonds is 8. The number of aromatic nitrogens is 1. The Kier molecular flexibility index (Phi) is 9.03. The van der Waals surface area contributed by atoms with E-state index in [2.05, 4.69) is 30.3 Å². The van der Waals surface area contributed by atoms with E-state index in [0.717, 1.165) is 66.1 Å². The van der Waals surface area contributed by atoms with Crippen molar-refractivity contribution >= 4 is 5.97 Å². The smallest absolute Gasteiger partial charge is 0.546 e. The maximum Gasteiger partial charge on any atom is 1.00 e. The number of carbonyl (C=O) groups is 1. The molecular weight excluding hydrogens is 461 g/mol. The number of carboxylic acid groups (broad SMARTS) is 1. The van der Waals surface area contributed by atoms with Crippen molar-refractivity contribution in [2.24, 2.45) is 5.92 Å². The van der Waals surface area contributed by atoms with Crippen LogP contribution in [0.5, 0.6) is 5.75 Å². The minimum absolute atomic E-state index is 0. The van der Waals surface area contributed by atoms with Gasteiger partial charge >= 0.3 is 29.6 Å². The van der Waals surface area contributed by atoms with Crippen molar-refractivity contribution in [3.05, 3.63) is 96.4 Å². The van der Waals surface area contributed by atoms with Gasteiger partial charge in [0.25, 0.3) is 0 Å². The summed E-state index contributed by atoms with van der Waals surface area (Å²) in [6.07, 6.45) is 5.26. The number of ether oxygens (including phenoxy) is 1. The summed E-state index contributed by atoms with van der Waals surface area (Å²) < 4.78 is 11.8. The molecule has 2 unspecified atom stereocenters. The quantitative estimate of drug-likeness (QED) is 0.356. The van der Waals surface area contributed by atoms with Gasteiger partial charge in [-0.15, -0.1) is 0 Å². The van der Waals surface area contributed by atoms with Crippen molar-refractivity contribution in [2.75, 3.05) is 6.61 Å². The van der Waals surface area contributed by atoms with E-state index in [1.165, 1.54) is 0 Å². The van der Waals surface area contributed by atoms with Crippen LogP contribution >= 0.6 is 0 Å². The minimum Gasteiger partial charge on any atom is -0.546 e. The average Bonchev–Trinajstić information content (AvgIpc) is 3.35. The first-order valence-corrected chi connectivity index (χ1v) is 12.2. The molecular formula is C30H28NNaO4. The fourth-order valence-corrected chi connectivity index (χ4v) is 5.03. The van der Waals surface area contributed by atoms with Crippen LogP contribution in [0.25, 0.3) is 22.6 Å². The minimum atomic E-state index is -1.22. The summed E-state index contributed by atoms with van der Waals surface area (Å²) in [5.41, 5.74) is 4.13. The zero-order chi connectivity index (χ0) is 24.0. The molecule has 1 aliphatic carbocycles. The van der Waals surface area contributed by atoms with Gasteiger partial charge in [0.1, 0.15) is 18.1 Å². The number of aliphatic carboxylic acids is 1. The number of carbonyl (C=O) groups excluding carboxylic acids is 1. The Hall–Kier alpha value is -2.86. The van der Waals surface area contributed by atoms with Crippen LogP contribution < -0.4 is 39.4 Å². The summed E-state index contributed by atoms with van der Waals surface area (Å²) in [6, 6.07) is 28.1. The Morgan fingerprint density at radius 1 is 0.944 bits per heavy atom. The van der Waals surface area contributed by atoms with Gasteiger partial charge in [-0.1, -0.05) is 85.6 Å². The van der Waals surface area contributed by atoms with E-state index in [4.69, 9.17) is 14.1 Å². The number of carboxylic acids is 1. The standard InChI is InChI=1S/C30H29NO4.Na/c32-27(33)20-34-26-16-8-10-22(19-26)17-21-9-7-15-25(18-21)30-31-28(23-11-3-1-4-12-23)29(35-30)24-13-5-2-6-14-24;/h1-6,8,10-14,16,19,21,25H,7,9,15,17-18,20H2,(H,32,33);/q;+1/p-1. The van der Waals surface area contributed by atoms with Crippen LogP contribution in [0.1, 0.15) is 43.1 Å². The van der Waals surface area contributed by atoms with Gasteiger partial charge in [0, 0.05) is 17.0 Å². The SMILES string of the molecule is O=C([O-])COc1cccc(CC2CCCC(c3nc(-c4ccccc4)c(-c4ccccc4)o3)C2)c1.[Na+]. The second-order valence-corrected chi connectivity index (χ2v) is 9.20. The average molecular weight is 490 g/mol. The maximum atomic E-state index is 10.7. The molecule has 36 heavy (non-hydrogen) atoms. The van der Waals surface area contributed by atoms with Crippen molar-refractivity contribution < 1.29 is 48.6 Å². The normalized spacial score (nSPS) is 17.2.